The summed E-state index contributed by atoms with van der Waals surface area (Å²) in [4.78, 5) is 42.5. The Hall–Kier alpha value is -5.97. The van der Waals surface area contributed by atoms with Crippen molar-refractivity contribution in [2.45, 2.75) is 20.8 Å². The number of anilines is 5. The van der Waals surface area contributed by atoms with E-state index in [-0.39, 0.29) is 12.3 Å². The van der Waals surface area contributed by atoms with Crippen molar-refractivity contribution in [3.05, 3.63) is 81.9 Å². The highest BCUT2D eigenvalue weighted by molar-refractivity contribution is 7.21. The van der Waals surface area contributed by atoms with E-state index in [4.69, 9.17) is 4.74 Å². The Morgan fingerprint density at radius 3 is 2.39 bits per heavy atom. The minimum atomic E-state index is -0.526. The molecule has 0 radical (unpaired) electrons. The fraction of sp³-hybridized carbons (Fsp3) is 0.281. The van der Waals surface area contributed by atoms with Gasteiger partial charge in [0, 0.05) is 50.2 Å². The normalized spacial score (nSPS) is 11.0. The second kappa shape index (κ2) is 16.2. The van der Waals surface area contributed by atoms with Gasteiger partial charge in [-0.2, -0.15) is 15.0 Å². The van der Waals surface area contributed by atoms with Crippen LogP contribution in [0.1, 0.15) is 18.1 Å². The van der Waals surface area contributed by atoms with Crippen molar-refractivity contribution in [1.29, 1.82) is 0 Å². The number of carbonyl (C=O) groups excluding carboxylic acids is 1. The molecule has 49 heavy (non-hydrogen) atoms. The van der Waals surface area contributed by atoms with E-state index < -0.39 is 11.0 Å². The first-order chi connectivity index (χ1) is 23.7. The van der Waals surface area contributed by atoms with Crippen molar-refractivity contribution in [3.8, 4) is 0 Å². The second-order valence-corrected chi connectivity index (χ2v) is 11.8. The third-order valence-electron chi connectivity index (χ3n) is 7.03. The number of nitro groups is 1. The summed E-state index contributed by atoms with van der Waals surface area (Å²) in [6, 6.07) is 18.1. The summed E-state index contributed by atoms with van der Waals surface area (Å²) in [5.74, 6) is 1.15. The number of nitrogens with one attached hydrogen (secondary N) is 4. The topological polar surface area (TPSA) is 197 Å². The zero-order valence-corrected chi connectivity index (χ0v) is 28.2. The number of aryl methyl sites for hydroxylation is 2. The van der Waals surface area contributed by atoms with E-state index >= 15 is 0 Å². The molecule has 17 heteroatoms. The number of azo groups is 1. The van der Waals surface area contributed by atoms with Crippen LogP contribution in [-0.4, -0.2) is 70.8 Å². The molecule has 0 aliphatic rings. The smallest absolute Gasteiger partial charge is 0.407 e. The lowest BCUT2D eigenvalue weighted by Crippen LogP contribution is -2.33. The summed E-state index contributed by atoms with van der Waals surface area (Å²) in [6.07, 6.45) is -0.526. The van der Waals surface area contributed by atoms with Gasteiger partial charge >= 0.3 is 6.09 Å². The molecule has 4 N–H and O–H groups in total. The molecule has 2 aromatic heterocycles. The highest BCUT2D eigenvalue weighted by atomic mass is 32.1. The van der Waals surface area contributed by atoms with Crippen LogP contribution in [0.4, 0.5) is 50.5 Å². The van der Waals surface area contributed by atoms with Gasteiger partial charge in [-0.1, -0.05) is 17.4 Å². The lowest BCUT2D eigenvalue weighted by atomic mass is 10.1. The van der Waals surface area contributed by atoms with Crippen LogP contribution in [0, 0.1) is 24.0 Å². The van der Waals surface area contributed by atoms with Gasteiger partial charge in [0.15, 0.2) is 0 Å². The number of likely N-dealkylation sites (N-methyl/N-ethyl adjacent to an activating group) is 1. The van der Waals surface area contributed by atoms with Crippen LogP contribution in [0.25, 0.3) is 10.2 Å². The third kappa shape index (κ3) is 9.77. The number of ether oxygens (including phenoxy) is 1. The molecular weight excluding hydrogens is 648 g/mol. The monoisotopic (exact) mass is 684 g/mol. The van der Waals surface area contributed by atoms with E-state index in [9.17, 15) is 14.9 Å². The van der Waals surface area contributed by atoms with E-state index in [1.165, 1.54) is 23.5 Å². The van der Waals surface area contributed by atoms with Crippen LogP contribution >= 0.6 is 11.3 Å². The number of thiazole rings is 1. The highest BCUT2D eigenvalue weighted by Crippen LogP contribution is 2.32. The van der Waals surface area contributed by atoms with Gasteiger partial charge in [-0.25, -0.2) is 9.78 Å². The predicted octanol–water partition coefficient (Wildman–Crippen LogP) is 6.87. The number of non-ortho nitro benzene ring substituents is 1. The standard InChI is InChI=1S/C32H36N12O4S/c1-5-43(24-8-6-22(7-9-24)41-42-31-37-26-11-10-25(44(46)47)19-27(26)49-31)14-15-48-32(45)35-13-12-34-29-38-28(33-4)39-30(40-29)36-23-17-20(2)16-21(3)18-23/h6-11,16-19H,5,12-15H2,1-4H3,(H,35,45)(H3,33,34,36,38,39,40). The first-order valence-electron chi connectivity index (χ1n) is 15.4. The Labute approximate surface area is 286 Å². The number of carbonyl (C=O) groups is 1. The molecule has 0 bridgehead atoms. The van der Waals surface area contributed by atoms with Crippen LogP contribution in [0.2, 0.25) is 0 Å². The number of rotatable bonds is 15. The zero-order chi connectivity index (χ0) is 34.8. The molecule has 3 aromatic carbocycles. The minimum absolute atomic E-state index is 0.00625. The number of amides is 1. The number of nitro benzene ring substituents is 1. The number of hydrogen-bond acceptors (Lipinski definition) is 15. The average molecular weight is 685 g/mol. The van der Waals surface area contributed by atoms with Gasteiger partial charge in [-0.05, 0) is 74.4 Å². The minimum Gasteiger partial charge on any atom is -0.448 e. The number of hydrogen-bond donors (Lipinski definition) is 4. The van der Waals surface area contributed by atoms with E-state index in [1.807, 2.05) is 57.2 Å². The molecule has 2 heterocycles. The summed E-state index contributed by atoms with van der Waals surface area (Å²) in [7, 11) is 1.73. The van der Waals surface area contributed by atoms with Crippen molar-refractivity contribution in [3.63, 3.8) is 0 Å². The fourth-order valence-corrected chi connectivity index (χ4v) is 5.62. The van der Waals surface area contributed by atoms with Crippen molar-refractivity contribution < 1.29 is 14.5 Å². The van der Waals surface area contributed by atoms with Gasteiger partial charge < -0.3 is 30.9 Å². The Morgan fingerprint density at radius 2 is 1.67 bits per heavy atom. The molecule has 0 atom stereocenters. The van der Waals surface area contributed by atoms with Gasteiger partial charge in [-0.3, -0.25) is 10.1 Å². The Morgan fingerprint density at radius 1 is 0.939 bits per heavy atom. The van der Waals surface area contributed by atoms with E-state index in [0.29, 0.717) is 65.1 Å². The average Bonchev–Trinajstić information content (AvgIpc) is 3.50. The molecule has 0 aliphatic heterocycles. The molecular formula is C32H36N12O4S. The number of nitrogens with zero attached hydrogens (tertiary/aromatic N) is 8. The van der Waals surface area contributed by atoms with Gasteiger partial charge in [0.2, 0.25) is 23.0 Å². The molecule has 0 unspecified atom stereocenters. The molecule has 254 valence electrons. The van der Waals surface area contributed by atoms with Crippen molar-refractivity contribution in [2.75, 3.05) is 60.7 Å². The van der Waals surface area contributed by atoms with Crippen molar-refractivity contribution >= 4 is 73.4 Å². The first kappa shape index (κ1) is 34.4. The van der Waals surface area contributed by atoms with Crippen LogP contribution in [-0.2, 0) is 4.74 Å². The molecule has 0 spiro atoms. The maximum atomic E-state index is 12.3. The van der Waals surface area contributed by atoms with Gasteiger partial charge in [0.25, 0.3) is 5.69 Å². The second-order valence-electron chi connectivity index (χ2n) is 10.7. The van der Waals surface area contributed by atoms with Crippen molar-refractivity contribution in [2.24, 2.45) is 10.2 Å². The number of alkyl carbamates (subject to hydrolysis) is 1. The maximum absolute atomic E-state index is 12.3. The largest absolute Gasteiger partial charge is 0.448 e. The molecule has 0 fully saturated rings. The van der Waals surface area contributed by atoms with Crippen LogP contribution in [0.5, 0.6) is 0 Å². The summed E-state index contributed by atoms with van der Waals surface area (Å²) in [5.41, 5.74) is 5.33. The molecule has 0 aliphatic carbocycles. The van der Waals surface area contributed by atoms with Crippen LogP contribution in [0.3, 0.4) is 0 Å². The Balaban J connectivity index is 1.04. The van der Waals surface area contributed by atoms with Crippen molar-refractivity contribution in [1.82, 2.24) is 25.3 Å². The number of benzene rings is 3. The molecule has 5 aromatic rings. The SMILES string of the molecule is CCN(CCOC(=O)NCCNc1nc(NC)nc(Nc2cc(C)cc(C)c2)n1)c1ccc(N=Nc2nc3ccc([N+](=O)[O-])cc3s2)cc1. The summed E-state index contributed by atoms with van der Waals surface area (Å²) >= 11 is 1.23. The van der Waals surface area contributed by atoms with E-state index in [1.54, 1.807) is 13.1 Å². The molecule has 16 nitrogen and oxygen atoms in total. The molecule has 0 saturated carbocycles. The Kier molecular flexibility index (Phi) is 11.4. The highest BCUT2D eigenvalue weighted by Gasteiger charge is 2.11. The maximum Gasteiger partial charge on any atom is 0.407 e. The van der Waals surface area contributed by atoms with Gasteiger partial charge in [0.1, 0.15) is 6.61 Å². The molecule has 0 saturated heterocycles. The van der Waals surface area contributed by atoms with Gasteiger partial charge in [-0.15, -0.1) is 10.2 Å². The fourth-order valence-electron chi connectivity index (χ4n) is 4.79. The number of aromatic nitrogens is 4. The summed E-state index contributed by atoms with van der Waals surface area (Å²) in [5, 5.41) is 31.9. The lowest BCUT2D eigenvalue weighted by molar-refractivity contribution is -0.384. The van der Waals surface area contributed by atoms with Gasteiger partial charge in [0.05, 0.1) is 27.4 Å². The lowest BCUT2D eigenvalue weighted by Gasteiger charge is -2.23. The first-order valence-corrected chi connectivity index (χ1v) is 16.3. The van der Waals surface area contributed by atoms with Crippen LogP contribution < -0.4 is 26.2 Å². The predicted molar refractivity (Wildman–Crippen MR) is 191 cm³/mol. The van der Waals surface area contributed by atoms with E-state index in [2.05, 4.69) is 62.4 Å². The quantitative estimate of drug-likeness (QED) is 0.0387. The zero-order valence-electron chi connectivity index (χ0n) is 27.4. The number of fused-ring (bicyclic) bond motifs is 1. The summed E-state index contributed by atoms with van der Waals surface area (Å²) < 4.78 is 6.06. The molecule has 1 amide bonds. The molecule has 5 rings (SSSR count). The summed E-state index contributed by atoms with van der Waals surface area (Å²) in [6.45, 7) is 8.12. The van der Waals surface area contributed by atoms with E-state index in [0.717, 1.165) is 22.5 Å². The van der Waals surface area contributed by atoms with Crippen LogP contribution in [0.15, 0.2) is 70.9 Å². The Bertz CT molecular complexity index is 1930. The third-order valence-corrected chi connectivity index (χ3v) is 7.93.